The Morgan fingerprint density at radius 2 is 2.22 bits per heavy atom. The standard InChI is InChI=1S/C11H19N5OS/c1-3-17-11-15-9(12)14-10(16-11)13-7-4-5-8(6-7)18-2/h7-8H,3-6H2,1-2H3,(H3,12,13,14,15,16). The van der Waals surface area contributed by atoms with Crippen LogP contribution in [0, 0.1) is 0 Å². The molecule has 100 valence electrons. The van der Waals surface area contributed by atoms with Crippen LogP contribution in [0.4, 0.5) is 11.9 Å². The van der Waals surface area contributed by atoms with E-state index in [9.17, 15) is 0 Å². The zero-order valence-corrected chi connectivity index (χ0v) is 11.5. The third kappa shape index (κ3) is 3.38. The summed E-state index contributed by atoms with van der Waals surface area (Å²) in [4.78, 5) is 12.2. The van der Waals surface area contributed by atoms with Crippen molar-refractivity contribution in [3.8, 4) is 6.01 Å². The van der Waals surface area contributed by atoms with Crippen LogP contribution in [0.5, 0.6) is 6.01 Å². The Hall–Kier alpha value is -1.24. The van der Waals surface area contributed by atoms with E-state index >= 15 is 0 Å². The van der Waals surface area contributed by atoms with Crippen LogP contribution in [0.25, 0.3) is 0 Å². The topological polar surface area (TPSA) is 86.0 Å². The van der Waals surface area contributed by atoms with Gasteiger partial charge in [-0.25, -0.2) is 0 Å². The summed E-state index contributed by atoms with van der Waals surface area (Å²) >= 11 is 1.92. The number of thioether (sulfide) groups is 1. The van der Waals surface area contributed by atoms with Crippen molar-refractivity contribution in [2.75, 3.05) is 23.9 Å². The zero-order valence-electron chi connectivity index (χ0n) is 10.7. The van der Waals surface area contributed by atoms with Crippen LogP contribution >= 0.6 is 11.8 Å². The molecule has 0 amide bonds. The summed E-state index contributed by atoms with van der Waals surface area (Å²) in [5.41, 5.74) is 5.63. The van der Waals surface area contributed by atoms with Gasteiger partial charge in [-0.2, -0.15) is 26.7 Å². The molecule has 1 saturated carbocycles. The molecule has 1 aromatic heterocycles. The molecule has 1 aliphatic rings. The van der Waals surface area contributed by atoms with Gasteiger partial charge in [-0.3, -0.25) is 0 Å². The van der Waals surface area contributed by atoms with Crippen molar-refractivity contribution in [2.45, 2.75) is 37.5 Å². The highest BCUT2D eigenvalue weighted by Crippen LogP contribution is 2.29. The Kier molecular flexibility index (Phi) is 4.46. The van der Waals surface area contributed by atoms with Gasteiger partial charge < -0.3 is 15.8 Å². The SMILES string of the molecule is CCOc1nc(N)nc(NC2CCC(SC)C2)n1. The lowest BCUT2D eigenvalue weighted by molar-refractivity contribution is 0.312. The first-order valence-electron chi connectivity index (χ1n) is 6.15. The smallest absolute Gasteiger partial charge is 0.323 e. The van der Waals surface area contributed by atoms with Crippen molar-refractivity contribution in [2.24, 2.45) is 0 Å². The molecule has 0 aliphatic heterocycles. The van der Waals surface area contributed by atoms with Gasteiger partial charge in [0.1, 0.15) is 0 Å². The maximum atomic E-state index is 5.63. The minimum atomic E-state index is 0.190. The summed E-state index contributed by atoms with van der Waals surface area (Å²) in [6.45, 7) is 2.40. The van der Waals surface area contributed by atoms with Crippen molar-refractivity contribution in [1.82, 2.24) is 15.0 Å². The highest BCUT2D eigenvalue weighted by atomic mass is 32.2. The van der Waals surface area contributed by atoms with Crippen LogP contribution in [-0.2, 0) is 0 Å². The summed E-state index contributed by atoms with van der Waals surface area (Å²) in [6, 6.07) is 0.700. The van der Waals surface area contributed by atoms with E-state index in [2.05, 4.69) is 26.5 Å². The molecule has 2 unspecified atom stereocenters. The molecule has 0 saturated heterocycles. The van der Waals surface area contributed by atoms with Crippen molar-refractivity contribution in [3.63, 3.8) is 0 Å². The van der Waals surface area contributed by atoms with Gasteiger partial charge in [0.25, 0.3) is 0 Å². The van der Waals surface area contributed by atoms with E-state index in [1.807, 2.05) is 18.7 Å². The van der Waals surface area contributed by atoms with Gasteiger partial charge in [0.15, 0.2) is 0 Å². The third-order valence-corrected chi connectivity index (χ3v) is 4.05. The third-order valence-electron chi connectivity index (χ3n) is 2.96. The number of ether oxygens (including phenoxy) is 1. The van der Waals surface area contributed by atoms with Crippen LogP contribution in [0.1, 0.15) is 26.2 Å². The number of hydrogen-bond donors (Lipinski definition) is 2. The van der Waals surface area contributed by atoms with Crippen molar-refractivity contribution < 1.29 is 4.74 Å². The second kappa shape index (κ2) is 6.08. The molecule has 1 heterocycles. The average Bonchev–Trinajstić information content (AvgIpc) is 2.76. The molecule has 0 aromatic carbocycles. The van der Waals surface area contributed by atoms with Crippen molar-refractivity contribution >= 4 is 23.7 Å². The van der Waals surface area contributed by atoms with Crippen LogP contribution < -0.4 is 15.8 Å². The number of nitrogens with zero attached hydrogens (tertiary/aromatic N) is 3. The predicted octanol–water partition coefficient (Wildman–Crippen LogP) is 1.55. The van der Waals surface area contributed by atoms with Gasteiger partial charge in [0.2, 0.25) is 11.9 Å². The number of nitrogens with one attached hydrogen (secondary N) is 1. The predicted molar refractivity (Wildman–Crippen MR) is 74.0 cm³/mol. The Bertz CT molecular complexity index is 403. The molecule has 6 nitrogen and oxygen atoms in total. The molecule has 1 aliphatic carbocycles. The van der Waals surface area contributed by atoms with Crippen LogP contribution in [0.2, 0.25) is 0 Å². The maximum Gasteiger partial charge on any atom is 0.323 e. The summed E-state index contributed by atoms with van der Waals surface area (Å²) in [5.74, 6) is 0.702. The largest absolute Gasteiger partial charge is 0.464 e. The van der Waals surface area contributed by atoms with E-state index in [4.69, 9.17) is 10.5 Å². The molecular formula is C11H19N5OS. The van der Waals surface area contributed by atoms with E-state index in [1.165, 1.54) is 6.42 Å². The van der Waals surface area contributed by atoms with E-state index in [0.717, 1.165) is 18.1 Å². The average molecular weight is 269 g/mol. The van der Waals surface area contributed by atoms with Crippen molar-refractivity contribution in [3.05, 3.63) is 0 Å². The highest BCUT2D eigenvalue weighted by Gasteiger charge is 2.24. The Labute approximate surface area is 111 Å². The molecule has 18 heavy (non-hydrogen) atoms. The lowest BCUT2D eigenvalue weighted by atomic mass is 10.2. The number of aromatic nitrogens is 3. The summed E-state index contributed by atoms with van der Waals surface area (Å²) in [7, 11) is 0. The number of hydrogen-bond acceptors (Lipinski definition) is 7. The monoisotopic (exact) mass is 269 g/mol. The fourth-order valence-electron chi connectivity index (χ4n) is 2.10. The number of rotatable bonds is 5. The summed E-state index contributed by atoms with van der Waals surface area (Å²) in [5, 5.41) is 4.04. The van der Waals surface area contributed by atoms with Crippen LogP contribution in [0.3, 0.4) is 0 Å². The number of nitrogens with two attached hydrogens (primary N) is 1. The van der Waals surface area contributed by atoms with E-state index in [-0.39, 0.29) is 12.0 Å². The second-order valence-electron chi connectivity index (χ2n) is 4.24. The van der Waals surface area contributed by atoms with Gasteiger partial charge in [0, 0.05) is 11.3 Å². The molecular weight excluding hydrogens is 250 g/mol. The fourth-order valence-corrected chi connectivity index (χ4v) is 2.89. The first-order valence-corrected chi connectivity index (χ1v) is 7.43. The minimum absolute atomic E-state index is 0.190. The lowest BCUT2D eigenvalue weighted by Crippen LogP contribution is -2.19. The second-order valence-corrected chi connectivity index (χ2v) is 5.38. The van der Waals surface area contributed by atoms with Crippen molar-refractivity contribution in [1.29, 1.82) is 0 Å². The first kappa shape index (κ1) is 13.2. The number of nitrogen functional groups attached to an aromatic ring is 1. The van der Waals surface area contributed by atoms with E-state index < -0.39 is 0 Å². The highest BCUT2D eigenvalue weighted by molar-refractivity contribution is 7.99. The van der Waals surface area contributed by atoms with Gasteiger partial charge in [0.05, 0.1) is 6.61 Å². The molecule has 1 fully saturated rings. The van der Waals surface area contributed by atoms with Gasteiger partial charge in [-0.05, 0) is 32.4 Å². The molecule has 7 heteroatoms. The Morgan fingerprint density at radius 3 is 2.89 bits per heavy atom. The van der Waals surface area contributed by atoms with Gasteiger partial charge >= 0.3 is 6.01 Å². The molecule has 2 atom stereocenters. The summed E-state index contributed by atoms with van der Waals surface area (Å²) < 4.78 is 5.25. The molecule has 0 spiro atoms. The maximum absolute atomic E-state index is 5.63. The van der Waals surface area contributed by atoms with E-state index in [0.29, 0.717) is 18.6 Å². The van der Waals surface area contributed by atoms with Crippen LogP contribution in [0.15, 0.2) is 0 Å². The first-order chi connectivity index (χ1) is 8.71. The molecule has 3 N–H and O–H groups in total. The molecule has 0 bridgehead atoms. The Balaban J connectivity index is 2.00. The van der Waals surface area contributed by atoms with Crippen LogP contribution in [-0.4, -0.2) is 39.1 Å². The van der Waals surface area contributed by atoms with E-state index in [1.54, 1.807) is 0 Å². The molecule has 2 rings (SSSR count). The van der Waals surface area contributed by atoms with Gasteiger partial charge in [-0.15, -0.1) is 0 Å². The summed E-state index contributed by atoms with van der Waals surface area (Å²) in [6.07, 6.45) is 5.66. The molecule has 0 radical (unpaired) electrons. The quantitative estimate of drug-likeness (QED) is 0.838. The zero-order chi connectivity index (χ0) is 13.0. The van der Waals surface area contributed by atoms with Gasteiger partial charge in [-0.1, -0.05) is 0 Å². The fraction of sp³-hybridized carbons (Fsp3) is 0.727. The lowest BCUT2D eigenvalue weighted by Gasteiger charge is -2.13. The number of anilines is 2. The Morgan fingerprint density at radius 1 is 1.39 bits per heavy atom. The minimum Gasteiger partial charge on any atom is -0.464 e. The normalized spacial score (nSPS) is 23.0. The molecule has 1 aromatic rings.